The third-order valence-electron chi connectivity index (χ3n) is 5.12. The van der Waals surface area contributed by atoms with Crippen molar-refractivity contribution in [3.63, 3.8) is 0 Å². The molecule has 0 aromatic heterocycles. The summed E-state index contributed by atoms with van der Waals surface area (Å²) >= 11 is 0. The van der Waals surface area contributed by atoms with Crippen molar-refractivity contribution >= 4 is 5.97 Å². The largest absolute Gasteiger partial charge is 0.481 e. The molecule has 0 radical (unpaired) electrons. The SMILES string of the molecule is CCC(C)(C)N(C)CC1(C(=O)O)CCC(C)CC1. The summed E-state index contributed by atoms with van der Waals surface area (Å²) in [6, 6.07) is 0. The average Bonchev–Trinajstić information content (AvgIpc) is 2.32. The number of carbonyl (C=O) groups is 1. The Labute approximate surface area is 112 Å². The normalized spacial score (nSPS) is 29.6. The lowest BCUT2D eigenvalue weighted by Gasteiger charge is -2.43. The molecule has 0 spiro atoms. The van der Waals surface area contributed by atoms with Gasteiger partial charge < -0.3 is 10.0 Å². The molecule has 1 saturated carbocycles. The van der Waals surface area contributed by atoms with Gasteiger partial charge in [-0.1, -0.05) is 13.8 Å². The second kappa shape index (κ2) is 5.60. The molecule has 0 heterocycles. The van der Waals surface area contributed by atoms with Gasteiger partial charge in [-0.15, -0.1) is 0 Å². The Hall–Kier alpha value is -0.570. The zero-order valence-electron chi connectivity index (χ0n) is 12.6. The number of hydrogen-bond donors (Lipinski definition) is 1. The van der Waals surface area contributed by atoms with Crippen molar-refractivity contribution in [2.45, 2.75) is 65.3 Å². The van der Waals surface area contributed by atoms with E-state index < -0.39 is 11.4 Å². The van der Waals surface area contributed by atoms with Crippen LogP contribution in [-0.2, 0) is 4.79 Å². The second-order valence-electron chi connectivity index (χ2n) is 6.79. The highest BCUT2D eigenvalue weighted by molar-refractivity contribution is 5.75. The summed E-state index contributed by atoms with van der Waals surface area (Å²) < 4.78 is 0. The topological polar surface area (TPSA) is 40.5 Å². The number of carboxylic acids is 1. The van der Waals surface area contributed by atoms with Gasteiger partial charge in [0.25, 0.3) is 0 Å². The highest BCUT2D eigenvalue weighted by atomic mass is 16.4. The summed E-state index contributed by atoms with van der Waals surface area (Å²) in [5.41, 5.74) is -0.445. The molecule has 1 aliphatic rings. The van der Waals surface area contributed by atoms with E-state index in [-0.39, 0.29) is 5.54 Å². The van der Waals surface area contributed by atoms with Crippen LogP contribution in [0.5, 0.6) is 0 Å². The molecule has 0 bridgehead atoms. The van der Waals surface area contributed by atoms with Gasteiger partial charge in [0.2, 0.25) is 0 Å². The molecule has 0 amide bonds. The standard InChI is InChI=1S/C15H29NO2/c1-6-14(3,4)16(5)11-15(13(17)18)9-7-12(2)8-10-15/h12H,6-11H2,1-5H3,(H,17,18). The van der Waals surface area contributed by atoms with Crippen molar-refractivity contribution < 1.29 is 9.90 Å². The molecule has 1 rings (SSSR count). The first-order valence-electron chi connectivity index (χ1n) is 7.18. The quantitative estimate of drug-likeness (QED) is 0.818. The lowest BCUT2D eigenvalue weighted by atomic mass is 9.70. The number of nitrogens with zero attached hydrogens (tertiary/aromatic N) is 1. The number of rotatable bonds is 5. The molecular formula is C15H29NO2. The fourth-order valence-electron chi connectivity index (χ4n) is 2.69. The van der Waals surface area contributed by atoms with Crippen LogP contribution in [-0.4, -0.2) is 35.1 Å². The highest BCUT2D eigenvalue weighted by Crippen LogP contribution is 2.40. The number of carboxylic acid groups (broad SMARTS) is 1. The Kier molecular flexibility index (Phi) is 4.82. The van der Waals surface area contributed by atoms with Crippen LogP contribution in [0.15, 0.2) is 0 Å². The zero-order valence-corrected chi connectivity index (χ0v) is 12.6. The molecule has 106 valence electrons. The van der Waals surface area contributed by atoms with Crippen LogP contribution in [0.1, 0.15) is 59.8 Å². The first-order valence-corrected chi connectivity index (χ1v) is 7.18. The van der Waals surface area contributed by atoms with Gasteiger partial charge in [-0.3, -0.25) is 4.79 Å². The monoisotopic (exact) mass is 255 g/mol. The van der Waals surface area contributed by atoms with Crippen molar-refractivity contribution in [3.8, 4) is 0 Å². The predicted octanol–water partition coefficient (Wildman–Crippen LogP) is 3.39. The van der Waals surface area contributed by atoms with Crippen LogP contribution in [0.2, 0.25) is 0 Å². The third kappa shape index (κ3) is 3.25. The van der Waals surface area contributed by atoms with E-state index in [4.69, 9.17) is 0 Å². The minimum Gasteiger partial charge on any atom is -0.481 e. The van der Waals surface area contributed by atoms with Crippen LogP contribution in [0, 0.1) is 11.3 Å². The Morgan fingerprint density at radius 1 is 1.39 bits per heavy atom. The van der Waals surface area contributed by atoms with Crippen molar-refractivity contribution in [3.05, 3.63) is 0 Å². The third-order valence-corrected chi connectivity index (χ3v) is 5.12. The van der Waals surface area contributed by atoms with E-state index in [9.17, 15) is 9.90 Å². The van der Waals surface area contributed by atoms with E-state index in [2.05, 4.69) is 39.6 Å². The maximum atomic E-state index is 11.7. The average molecular weight is 255 g/mol. The van der Waals surface area contributed by atoms with E-state index in [0.717, 1.165) is 32.1 Å². The molecule has 3 nitrogen and oxygen atoms in total. The van der Waals surface area contributed by atoms with E-state index in [1.165, 1.54) is 0 Å². The van der Waals surface area contributed by atoms with Crippen molar-refractivity contribution in [1.82, 2.24) is 4.90 Å². The summed E-state index contributed by atoms with van der Waals surface area (Å²) in [6.07, 6.45) is 4.79. The van der Waals surface area contributed by atoms with Crippen molar-refractivity contribution in [1.29, 1.82) is 0 Å². The number of hydrogen-bond acceptors (Lipinski definition) is 2. The summed E-state index contributed by atoms with van der Waals surface area (Å²) in [6.45, 7) is 9.44. The molecule has 0 aromatic rings. The summed E-state index contributed by atoms with van der Waals surface area (Å²) in [4.78, 5) is 13.9. The Bertz CT molecular complexity index is 291. The van der Waals surface area contributed by atoms with E-state index in [0.29, 0.717) is 12.5 Å². The summed E-state index contributed by atoms with van der Waals surface area (Å²) in [5, 5.41) is 9.64. The van der Waals surface area contributed by atoms with Crippen LogP contribution in [0.4, 0.5) is 0 Å². The summed E-state index contributed by atoms with van der Waals surface area (Å²) in [5.74, 6) is 0.0788. The molecule has 0 atom stereocenters. The van der Waals surface area contributed by atoms with Crippen LogP contribution >= 0.6 is 0 Å². The lowest BCUT2D eigenvalue weighted by molar-refractivity contribution is -0.153. The molecule has 3 heteroatoms. The maximum Gasteiger partial charge on any atom is 0.310 e. The van der Waals surface area contributed by atoms with Crippen LogP contribution in [0.25, 0.3) is 0 Å². The van der Waals surface area contributed by atoms with Gasteiger partial charge in [0.15, 0.2) is 0 Å². The molecule has 0 saturated heterocycles. The molecule has 0 aromatic carbocycles. The molecule has 0 unspecified atom stereocenters. The fourth-order valence-corrected chi connectivity index (χ4v) is 2.69. The summed E-state index contributed by atoms with van der Waals surface area (Å²) in [7, 11) is 2.06. The second-order valence-corrected chi connectivity index (χ2v) is 6.79. The van der Waals surface area contributed by atoms with Gasteiger partial charge in [-0.25, -0.2) is 0 Å². The Morgan fingerprint density at radius 3 is 2.28 bits per heavy atom. The number of aliphatic carboxylic acids is 1. The van der Waals surface area contributed by atoms with Crippen LogP contribution < -0.4 is 0 Å². The molecule has 18 heavy (non-hydrogen) atoms. The first kappa shape index (κ1) is 15.5. The Balaban J connectivity index is 2.78. The fraction of sp³-hybridized carbons (Fsp3) is 0.933. The molecule has 1 aliphatic carbocycles. The molecule has 1 fully saturated rings. The molecule has 1 N–H and O–H groups in total. The van der Waals surface area contributed by atoms with Crippen molar-refractivity contribution in [2.75, 3.05) is 13.6 Å². The zero-order chi connectivity index (χ0) is 14.0. The van der Waals surface area contributed by atoms with Crippen LogP contribution in [0.3, 0.4) is 0 Å². The van der Waals surface area contributed by atoms with Gasteiger partial charge in [0, 0.05) is 12.1 Å². The molecular weight excluding hydrogens is 226 g/mol. The van der Waals surface area contributed by atoms with E-state index in [1.807, 2.05) is 0 Å². The highest BCUT2D eigenvalue weighted by Gasteiger charge is 2.43. The molecule has 0 aliphatic heterocycles. The maximum absolute atomic E-state index is 11.7. The minimum absolute atomic E-state index is 0.0749. The Morgan fingerprint density at radius 2 is 1.89 bits per heavy atom. The lowest BCUT2D eigenvalue weighted by Crippen LogP contribution is -2.50. The smallest absolute Gasteiger partial charge is 0.310 e. The van der Waals surface area contributed by atoms with E-state index in [1.54, 1.807) is 0 Å². The van der Waals surface area contributed by atoms with Gasteiger partial charge >= 0.3 is 5.97 Å². The van der Waals surface area contributed by atoms with Gasteiger partial charge in [0.1, 0.15) is 0 Å². The van der Waals surface area contributed by atoms with Gasteiger partial charge in [-0.2, -0.15) is 0 Å². The van der Waals surface area contributed by atoms with Gasteiger partial charge in [0.05, 0.1) is 5.41 Å². The van der Waals surface area contributed by atoms with E-state index >= 15 is 0 Å². The predicted molar refractivity (Wildman–Crippen MR) is 74.7 cm³/mol. The minimum atomic E-state index is -0.604. The first-order chi connectivity index (χ1) is 8.23. The van der Waals surface area contributed by atoms with Crippen molar-refractivity contribution in [2.24, 2.45) is 11.3 Å². The van der Waals surface area contributed by atoms with Gasteiger partial charge in [-0.05, 0) is 58.9 Å².